The van der Waals surface area contributed by atoms with Gasteiger partial charge in [0, 0.05) is 6.54 Å². The highest BCUT2D eigenvalue weighted by Gasteiger charge is 2.56. The Balaban J connectivity index is 1.34. The summed E-state index contributed by atoms with van der Waals surface area (Å²) in [5, 5.41) is 7.73. The summed E-state index contributed by atoms with van der Waals surface area (Å²) in [4.78, 5) is 54.2. The Morgan fingerprint density at radius 3 is 1.60 bits per heavy atom. The summed E-state index contributed by atoms with van der Waals surface area (Å²) in [6, 6.07) is 27.5. The molecule has 3 aromatic carbocycles. The van der Waals surface area contributed by atoms with E-state index in [0.717, 1.165) is 16.7 Å². The Kier molecular flexibility index (Phi) is 11.9. The number of benzene rings is 3. The van der Waals surface area contributed by atoms with E-state index >= 15 is 0 Å². The lowest BCUT2D eigenvalue weighted by atomic mass is 10.1. The predicted molar refractivity (Wildman–Crippen MR) is 164 cm³/mol. The van der Waals surface area contributed by atoms with Gasteiger partial charge in [-0.1, -0.05) is 91.0 Å². The van der Waals surface area contributed by atoms with Crippen LogP contribution < -0.4 is 16.0 Å². The van der Waals surface area contributed by atoms with Crippen molar-refractivity contribution < 1.29 is 38.1 Å². The lowest BCUT2D eigenvalue weighted by Gasteiger charge is -2.18. The van der Waals surface area contributed by atoms with Gasteiger partial charge in [0.1, 0.15) is 19.8 Å². The minimum Gasteiger partial charge on any atom is -0.469 e. The van der Waals surface area contributed by atoms with Gasteiger partial charge in [-0.05, 0) is 35.4 Å². The Morgan fingerprint density at radius 2 is 1.16 bits per heavy atom. The maximum atomic E-state index is 12.6. The fraction of sp³-hybridized carbons (Fsp3) is 0.303. The molecule has 1 aliphatic rings. The van der Waals surface area contributed by atoms with Gasteiger partial charge in [0.05, 0.1) is 19.1 Å². The first kappa shape index (κ1) is 32.5. The average molecular weight is 617 g/mol. The number of rotatable bonds is 12. The van der Waals surface area contributed by atoms with Crippen LogP contribution in [0.1, 0.15) is 36.0 Å². The maximum Gasteiger partial charge on any atom is 0.414 e. The molecule has 0 heterocycles. The van der Waals surface area contributed by atoms with E-state index in [1.807, 2.05) is 91.0 Å². The smallest absolute Gasteiger partial charge is 0.414 e. The first-order valence-corrected chi connectivity index (χ1v) is 14.4. The molecule has 0 saturated heterocycles. The average Bonchev–Trinajstić information content (AvgIpc) is 3.73. The molecule has 45 heavy (non-hydrogen) atoms. The zero-order chi connectivity index (χ0) is 31.9. The van der Waals surface area contributed by atoms with E-state index in [1.165, 1.54) is 7.11 Å². The van der Waals surface area contributed by atoms with Crippen LogP contribution in [0.25, 0.3) is 0 Å². The zero-order valence-corrected chi connectivity index (χ0v) is 24.9. The van der Waals surface area contributed by atoms with Gasteiger partial charge in [-0.2, -0.15) is 0 Å². The van der Waals surface area contributed by atoms with E-state index < -0.39 is 29.8 Å². The Labute approximate surface area is 261 Å². The quantitative estimate of drug-likeness (QED) is 0.113. The summed E-state index contributed by atoms with van der Waals surface area (Å²) in [7, 11) is 1.28. The minimum absolute atomic E-state index is 0.0164. The van der Waals surface area contributed by atoms with E-state index in [0.29, 0.717) is 12.8 Å². The number of nitrogens with one attached hydrogen (secondary N) is 3. The first-order valence-electron chi connectivity index (χ1n) is 14.4. The number of carbonyl (C=O) groups excluding carboxylic acids is 4. The van der Waals surface area contributed by atoms with Crippen LogP contribution >= 0.6 is 0 Å². The molecule has 1 saturated carbocycles. The molecule has 3 aromatic rings. The maximum absolute atomic E-state index is 12.6. The van der Waals surface area contributed by atoms with Gasteiger partial charge >= 0.3 is 24.2 Å². The van der Waals surface area contributed by atoms with Crippen molar-refractivity contribution in [3.05, 3.63) is 108 Å². The third-order valence-corrected chi connectivity index (χ3v) is 7.10. The number of amides is 3. The summed E-state index contributed by atoms with van der Waals surface area (Å²) in [5.41, 5.74) is 1.54. The number of carbonyl (C=O) groups is 4. The normalized spacial score (nSPS) is 16.3. The number of aliphatic imine (C=N–C) groups is 1. The largest absolute Gasteiger partial charge is 0.469 e. The fourth-order valence-electron chi connectivity index (χ4n) is 4.62. The number of nitrogens with zero attached hydrogens (tertiary/aromatic N) is 1. The topological polar surface area (TPSA) is 154 Å². The second-order valence-corrected chi connectivity index (χ2v) is 10.4. The lowest BCUT2D eigenvalue weighted by molar-refractivity contribution is -0.141. The van der Waals surface area contributed by atoms with E-state index in [-0.39, 0.29) is 44.7 Å². The van der Waals surface area contributed by atoms with Crippen molar-refractivity contribution >= 4 is 30.2 Å². The molecule has 0 aliphatic heterocycles. The van der Waals surface area contributed by atoms with Crippen molar-refractivity contribution in [2.75, 3.05) is 13.7 Å². The molecule has 1 aliphatic carbocycles. The molecule has 0 bridgehead atoms. The molecule has 0 radical (unpaired) electrons. The second-order valence-electron chi connectivity index (χ2n) is 10.4. The van der Waals surface area contributed by atoms with Crippen molar-refractivity contribution in [2.45, 2.75) is 44.6 Å². The SMILES string of the molecule is COC(=O)C[C@@]1(NC(=O)OCc2ccccc2)C[C@H]1CCN=C(NC(=O)OCc1ccccc1)NC(=O)OCc1ccccc1. The van der Waals surface area contributed by atoms with E-state index in [1.54, 1.807) is 0 Å². The van der Waals surface area contributed by atoms with Crippen molar-refractivity contribution in [1.29, 1.82) is 0 Å². The molecule has 12 nitrogen and oxygen atoms in total. The standard InChI is InChI=1S/C33H36N4O8/c1-42-28(38)20-33(37-32(41)45-23-26-15-9-4-10-16-26)19-27(33)17-18-34-29(35-30(39)43-21-24-11-5-2-6-12-24)36-31(40)44-22-25-13-7-3-8-14-25/h2-16,27H,17-23H2,1H3,(H,37,41)(H2,34,35,36,39,40)/t27-,33+/m1/s1. The van der Waals surface area contributed by atoms with Crippen LogP contribution in [0.4, 0.5) is 14.4 Å². The Bertz CT molecular complexity index is 1390. The third kappa shape index (κ3) is 11.0. The van der Waals surface area contributed by atoms with Gasteiger partial charge in [0.15, 0.2) is 0 Å². The first-order chi connectivity index (χ1) is 21.8. The van der Waals surface area contributed by atoms with Gasteiger partial charge < -0.3 is 24.3 Å². The minimum atomic E-state index is -0.860. The Morgan fingerprint density at radius 1 is 0.711 bits per heavy atom. The highest BCUT2D eigenvalue weighted by Crippen LogP contribution is 2.48. The van der Waals surface area contributed by atoms with Crippen molar-refractivity contribution in [2.24, 2.45) is 10.9 Å². The summed E-state index contributed by atoms with van der Waals surface area (Å²) in [6.45, 7) is 0.254. The number of hydrogen-bond acceptors (Lipinski definition) is 9. The van der Waals surface area contributed by atoms with Crippen LogP contribution in [0.2, 0.25) is 0 Å². The monoisotopic (exact) mass is 616 g/mol. The molecule has 236 valence electrons. The second kappa shape index (κ2) is 16.5. The number of hydrogen-bond donors (Lipinski definition) is 3. The van der Waals surface area contributed by atoms with E-state index in [9.17, 15) is 19.2 Å². The van der Waals surface area contributed by atoms with Crippen molar-refractivity contribution in [1.82, 2.24) is 16.0 Å². The number of guanidine groups is 1. The van der Waals surface area contributed by atoms with E-state index in [2.05, 4.69) is 20.9 Å². The molecule has 3 N–H and O–H groups in total. The molecule has 3 amide bonds. The summed E-state index contributed by atoms with van der Waals surface area (Å²) < 4.78 is 20.7. The summed E-state index contributed by atoms with van der Waals surface area (Å²) >= 11 is 0. The van der Waals surface area contributed by atoms with Crippen molar-refractivity contribution in [3.63, 3.8) is 0 Å². The van der Waals surface area contributed by atoms with Gasteiger partial charge in [-0.15, -0.1) is 0 Å². The third-order valence-electron chi connectivity index (χ3n) is 7.10. The van der Waals surface area contributed by atoms with Crippen molar-refractivity contribution in [3.8, 4) is 0 Å². The zero-order valence-electron chi connectivity index (χ0n) is 24.9. The molecule has 1 fully saturated rings. The molecular formula is C33H36N4O8. The molecular weight excluding hydrogens is 580 g/mol. The van der Waals surface area contributed by atoms with Gasteiger partial charge in [-0.3, -0.25) is 20.4 Å². The lowest BCUT2D eigenvalue weighted by Crippen LogP contribution is -2.44. The number of alkyl carbamates (subject to hydrolysis) is 3. The van der Waals surface area contributed by atoms with Gasteiger partial charge in [0.2, 0.25) is 5.96 Å². The van der Waals surface area contributed by atoms with Crippen LogP contribution in [0.3, 0.4) is 0 Å². The highest BCUT2D eigenvalue weighted by molar-refractivity contribution is 6.01. The molecule has 12 heteroatoms. The van der Waals surface area contributed by atoms with Crippen LogP contribution in [-0.4, -0.2) is 49.4 Å². The molecule has 2 atom stereocenters. The molecule has 0 aromatic heterocycles. The number of esters is 1. The highest BCUT2D eigenvalue weighted by atomic mass is 16.6. The van der Waals surface area contributed by atoms with Gasteiger partial charge in [-0.25, -0.2) is 14.4 Å². The molecule has 0 unspecified atom stereocenters. The number of methoxy groups -OCH3 is 1. The predicted octanol–water partition coefficient (Wildman–Crippen LogP) is 4.83. The molecule has 0 spiro atoms. The van der Waals surface area contributed by atoms with Gasteiger partial charge in [0.25, 0.3) is 0 Å². The summed E-state index contributed by atoms with van der Waals surface area (Å²) in [5.74, 6) is -0.780. The molecule has 4 rings (SSSR count). The van der Waals surface area contributed by atoms with Crippen LogP contribution in [0.15, 0.2) is 96.0 Å². The fourth-order valence-corrected chi connectivity index (χ4v) is 4.62. The van der Waals surface area contributed by atoms with Crippen LogP contribution in [0, 0.1) is 5.92 Å². The van der Waals surface area contributed by atoms with E-state index in [4.69, 9.17) is 18.9 Å². The Hall–Kier alpha value is -5.39. The number of ether oxygens (including phenoxy) is 4. The summed E-state index contributed by atoms with van der Waals surface area (Å²) in [6.07, 6.45) is -1.43. The van der Waals surface area contributed by atoms with Crippen LogP contribution in [-0.2, 0) is 43.6 Å². The van der Waals surface area contributed by atoms with Crippen LogP contribution in [0.5, 0.6) is 0 Å².